The van der Waals surface area contributed by atoms with Gasteiger partial charge in [-0.2, -0.15) is 4.57 Å². The molecule has 0 aliphatic heterocycles. The van der Waals surface area contributed by atoms with E-state index >= 15 is 0 Å². The van der Waals surface area contributed by atoms with Crippen molar-refractivity contribution in [2.45, 2.75) is 19.4 Å². The van der Waals surface area contributed by atoms with E-state index in [1.165, 1.54) is 5.56 Å². The smallest absolute Gasteiger partial charge is 0.187 e. The predicted molar refractivity (Wildman–Crippen MR) is 71.0 cm³/mol. The van der Waals surface area contributed by atoms with E-state index in [2.05, 4.69) is 72.5 Å². The van der Waals surface area contributed by atoms with Crippen LogP contribution in [0.25, 0.3) is 0 Å². The first kappa shape index (κ1) is 11.6. The second-order valence-corrected chi connectivity index (χ2v) is 4.67. The number of hydrogen-bond acceptors (Lipinski definition) is 1. The molecule has 0 spiro atoms. The van der Waals surface area contributed by atoms with Crippen LogP contribution >= 0.6 is 0 Å². The first-order chi connectivity index (χ1) is 8.14. The van der Waals surface area contributed by atoms with Crippen LogP contribution in [0.15, 0.2) is 54.9 Å². The molecule has 1 aromatic heterocycles. The number of nitrogens with zero attached hydrogens (tertiary/aromatic N) is 1. The third kappa shape index (κ3) is 2.31. The maximum Gasteiger partial charge on any atom is 0.187 e. The molecule has 0 saturated carbocycles. The Morgan fingerprint density at radius 3 is 2.06 bits per heavy atom. The van der Waals surface area contributed by atoms with Crippen molar-refractivity contribution in [1.29, 1.82) is 0 Å². The fraction of sp³-hybridized carbons (Fsp3) is 0.267. The molecule has 17 heavy (non-hydrogen) atoms. The van der Waals surface area contributed by atoms with Crippen LogP contribution in [-0.2, 0) is 5.54 Å². The third-order valence-corrected chi connectivity index (χ3v) is 3.24. The van der Waals surface area contributed by atoms with Gasteiger partial charge in [0.25, 0.3) is 0 Å². The van der Waals surface area contributed by atoms with Gasteiger partial charge in [0, 0.05) is 44.3 Å². The summed E-state index contributed by atoms with van der Waals surface area (Å²) >= 11 is 0. The van der Waals surface area contributed by atoms with E-state index in [0.717, 1.165) is 5.69 Å². The van der Waals surface area contributed by atoms with Crippen LogP contribution in [0.2, 0.25) is 0 Å². The fourth-order valence-corrected chi connectivity index (χ4v) is 1.96. The van der Waals surface area contributed by atoms with Gasteiger partial charge in [0.2, 0.25) is 0 Å². The van der Waals surface area contributed by atoms with Crippen molar-refractivity contribution in [2.75, 3.05) is 12.4 Å². The molecule has 1 aromatic carbocycles. The summed E-state index contributed by atoms with van der Waals surface area (Å²) in [5.41, 5.74) is 2.40. The van der Waals surface area contributed by atoms with Gasteiger partial charge < -0.3 is 5.32 Å². The van der Waals surface area contributed by atoms with Crippen molar-refractivity contribution in [3.8, 4) is 0 Å². The molecule has 0 atom stereocenters. The maximum absolute atomic E-state index is 3.13. The second kappa shape index (κ2) is 4.58. The first-order valence-electron chi connectivity index (χ1n) is 5.89. The van der Waals surface area contributed by atoms with E-state index in [1.54, 1.807) is 0 Å². The lowest BCUT2D eigenvalue weighted by Gasteiger charge is -2.19. The number of anilines is 1. The summed E-state index contributed by atoms with van der Waals surface area (Å²) in [4.78, 5) is 0. The van der Waals surface area contributed by atoms with Gasteiger partial charge in [-0.1, -0.05) is 30.3 Å². The Morgan fingerprint density at radius 2 is 1.53 bits per heavy atom. The molecule has 1 heterocycles. The van der Waals surface area contributed by atoms with E-state index in [-0.39, 0.29) is 5.54 Å². The van der Waals surface area contributed by atoms with E-state index in [0.29, 0.717) is 0 Å². The Bertz CT molecular complexity index is 472. The molecular formula is C15H19N2+. The lowest BCUT2D eigenvalue weighted by Crippen LogP contribution is -2.52. The Balaban J connectivity index is 2.37. The highest BCUT2D eigenvalue weighted by Gasteiger charge is 2.29. The van der Waals surface area contributed by atoms with Crippen LogP contribution < -0.4 is 9.88 Å². The Morgan fingerprint density at radius 1 is 0.941 bits per heavy atom. The quantitative estimate of drug-likeness (QED) is 0.797. The Labute approximate surface area is 103 Å². The van der Waals surface area contributed by atoms with Gasteiger partial charge in [-0.3, -0.25) is 0 Å². The van der Waals surface area contributed by atoms with Gasteiger partial charge in [0.05, 0.1) is 0 Å². The van der Waals surface area contributed by atoms with Crippen molar-refractivity contribution in [3.63, 3.8) is 0 Å². The molecule has 0 fully saturated rings. The van der Waals surface area contributed by atoms with Crippen LogP contribution in [0, 0.1) is 0 Å². The third-order valence-electron chi connectivity index (χ3n) is 3.24. The monoisotopic (exact) mass is 227 g/mol. The standard InChI is InChI=1S/C15H18N2/c1-15(2,13-7-5-4-6-8-13)17-11-9-14(16-3)10-12-17/h4-12H,1-3H3/p+1. The topological polar surface area (TPSA) is 15.9 Å². The Kier molecular flexibility index (Phi) is 3.14. The number of aromatic nitrogens is 1. The highest BCUT2D eigenvalue weighted by Crippen LogP contribution is 2.19. The molecule has 0 amide bonds. The summed E-state index contributed by atoms with van der Waals surface area (Å²) < 4.78 is 2.23. The molecular weight excluding hydrogens is 208 g/mol. The maximum atomic E-state index is 3.13. The molecule has 0 radical (unpaired) electrons. The summed E-state index contributed by atoms with van der Waals surface area (Å²) in [7, 11) is 1.93. The molecule has 0 aliphatic carbocycles. The summed E-state index contributed by atoms with van der Waals surface area (Å²) in [5, 5.41) is 3.13. The van der Waals surface area contributed by atoms with E-state index in [4.69, 9.17) is 0 Å². The lowest BCUT2D eigenvalue weighted by atomic mass is 9.94. The zero-order chi connectivity index (χ0) is 12.3. The molecule has 1 N–H and O–H groups in total. The van der Waals surface area contributed by atoms with Crippen LogP contribution in [0.3, 0.4) is 0 Å². The van der Waals surface area contributed by atoms with Crippen molar-refractivity contribution < 1.29 is 4.57 Å². The summed E-state index contributed by atoms with van der Waals surface area (Å²) in [6.07, 6.45) is 4.22. The second-order valence-electron chi connectivity index (χ2n) is 4.67. The fourth-order valence-electron chi connectivity index (χ4n) is 1.96. The number of benzene rings is 1. The zero-order valence-electron chi connectivity index (χ0n) is 10.6. The van der Waals surface area contributed by atoms with Crippen LogP contribution in [0.1, 0.15) is 19.4 Å². The summed E-state index contributed by atoms with van der Waals surface area (Å²) in [6.45, 7) is 4.45. The number of hydrogen-bond donors (Lipinski definition) is 1. The van der Waals surface area contributed by atoms with E-state index < -0.39 is 0 Å². The highest BCUT2D eigenvalue weighted by atomic mass is 15.0. The molecule has 0 saturated heterocycles. The molecule has 88 valence electrons. The Hall–Kier alpha value is -1.83. The number of rotatable bonds is 3. The van der Waals surface area contributed by atoms with Gasteiger partial charge in [-0.15, -0.1) is 0 Å². The zero-order valence-corrected chi connectivity index (χ0v) is 10.6. The van der Waals surface area contributed by atoms with E-state index in [9.17, 15) is 0 Å². The summed E-state index contributed by atoms with van der Waals surface area (Å²) in [5.74, 6) is 0. The van der Waals surface area contributed by atoms with Gasteiger partial charge in [-0.25, -0.2) is 0 Å². The average Bonchev–Trinajstić information content (AvgIpc) is 2.40. The predicted octanol–water partition coefficient (Wildman–Crippen LogP) is 2.80. The van der Waals surface area contributed by atoms with Crippen molar-refractivity contribution in [2.24, 2.45) is 0 Å². The molecule has 2 aromatic rings. The van der Waals surface area contributed by atoms with Crippen LogP contribution in [0.5, 0.6) is 0 Å². The minimum absolute atomic E-state index is 0.0342. The summed E-state index contributed by atoms with van der Waals surface area (Å²) in [6, 6.07) is 14.7. The molecule has 2 rings (SSSR count). The van der Waals surface area contributed by atoms with Crippen LogP contribution in [-0.4, -0.2) is 7.05 Å². The van der Waals surface area contributed by atoms with Crippen LogP contribution in [0.4, 0.5) is 5.69 Å². The number of pyridine rings is 1. The minimum atomic E-state index is -0.0342. The molecule has 2 nitrogen and oxygen atoms in total. The van der Waals surface area contributed by atoms with Gasteiger partial charge in [0.1, 0.15) is 0 Å². The SMILES string of the molecule is CNc1cc[n+](C(C)(C)c2ccccc2)cc1. The van der Waals surface area contributed by atoms with Gasteiger partial charge in [-0.05, 0) is 0 Å². The largest absolute Gasteiger partial charge is 0.388 e. The van der Waals surface area contributed by atoms with Crippen molar-refractivity contribution >= 4 is 5.69 Å². The van der Waals surface area contributed by atoms with Gasteiger partial charge >= 0.3 is 0 Å². The minimum Gasteiger partial charge on any atom is -0.388 e. The first-order valence-corrected chi connectivity index (χ1v) is 5.89. The average molecular weight is 227 g/mol. The van der Waals surface area contributed by atoms with Crippen molar-refractivity contribution in [3.05, 3.63) is 60.4 Å². The van der Waals surface area contributed by atoms with Gasteiger partial charge in [0.15, 0.2) is 17.9 Å². The lowest BCUT2D eigenvalue weighted by molar-refractivity contribution is -0.747. The van der Waals surface area contributed by atoms with E-state index in [1.807, 2.05) is 13.1 Å². The normalized spacial score (nSPS) is 11.2. The molecule has 0 aliphatic rings. The number of nitrogens with one attached hydrogen (secondary N) is 1. The van der Waals surface area contributed by atoms with Crippen molar-refractivity contribution in [1.82, 2.24) is 0 Å². The molecule has 0 unspecified atom stereocenters. The highest BCUT2D eigenvalue weighted by molar-refractivity contribution is 5.38. The molecule has 2 heteroatoms. The molecule has 0 bridgehead atoms.